The van der Waals surface area contributed by atoms with Crippen LogP contribution in [0.3, 0.4) is 0 Å². The second-order valence-corrected chi connectivity index (χ2v) is 5.85. The monoisotopic (exact) mass is 287 g/mol. The minimum absolute atomic E-state index is 0.000318. The van der Waals surface area contributed by atoms with Crippen molar-refractivity contribution in [1.82, 2.24) is 9.88 Å². The van der Waals surface area contributed by atoms with Crippen molar-refractivity contribution in [1.29, 1.82) is 0 Å². The Morgan fingerprint density at radius 3 is 2.55 bits per heavy atom. The van der Waals surface area contributed by atoms with Crippen LogP contribution in [0.1, 0.15) is 18.5 Å². The summed E-state index contributed by atoms with van der Waals surface area (Å²) in [5, 5.41) is 5.99. The van der Waals surface area contributed by atoms with Crippen LogP contribution in [0, 0.1) is 6.92 Å². The minimum Gasteiger partial charge on any atom is -0.325 e. The first-order valence-corrected chi connectivity index (χ1v) is 7.69. The summed E-state index contributed by atoms with van der Waals surface area (Å²) >= 11 is 1.64. The number of hydrogen-bond donors (Lipinski definition) is 1. The van der Waals surface area contributed by atoms with Gasteiger partial charge in [0.05, 0.1) is 0 Å². The number of likely N-dealkylation sites (tertiary alicyclic amines) is 1. The fourth-order valence-corrected chi connectivity index (χ4v) is 3.11. The lowest BCUT2D eigenvalue weighted by atomic mass is 10.2. The van der Waals surface area contributed by atoms with Gasteiger partial charge in [0.2, 0.25) is 0 Å². The molecule has 0 atom stereocenters. The second kappa shape index (κ2) is 5.63. The normalized spacial score (nSPS) is 14.6. The SMILES string of the molecule is Cc1csc(-c2ccc(NC(=O)N3CCCC3)cc2)n1. The van der Waals surface area contributed by atoms with Crippen molar-refractivity contribution in [2.45, 2.75) is 19.8 Å². The number of aromatic nitrogens is 1. The number of nitrogens with zero attached hydrogens (tertiary/aromatic N) is 2. The molecule has 3 rings (SSSR count). The van der Waals surface area contributed by atoms with Gasteiger partial charge in [0.15, 0.2) is 0 Å². The van der Waals surface area contributed by atoms with Crippen molar-refractivity contribution in [2.75, 3.05) is 18.4 Å². The molecule has 1 saturated heterocycles. The Morgan fingerprint density at radius 1 is 1.25 bits per heavy atom. The fourth-order valence-electron chi connectivity index (χ4n) is 2.31. The molecule has 0 saturated carbocycles. The van der Waals surface area contributed by atoms with Crippen LogP contribution in [0.2, 0.25) is 0 Å². The van der Waals surface area contributed by atoms with Crippen LogP contribution in [0.5, 0.6) is 0 Å². The first-order chi connectivity index (χ1) is 9.72. The number of rotatable bonds is 2. The van der Waals surface area contributed by atoms with Crippen molar-refractivity contribution in [3.8, 4) is 10.6 Å². The lowest BCUT2D eigenvalue weighted by molar-refractivity contribution is 0.222. The summed E-state index contributed by atoms with van der Waals surface area (Å²) < 4.78 is 0. The molecule has 1 fully saturated rings. The Kier molecular flexibility index (Phi) is 3.69. The number of carbonyl (C=O) groups is 1. The van der Waals surface area contributed by atoms with E-state index in [2.05, 4.69) is 10.3 Å². The summed E-state index contributed by atoms with van der Waals surface area (Å²) in [4.78, 5) is 18.3. The lowest BCUT2D eigenvalue weighted by Gasteiger charge is -2.16. The van der Waals surface area contributed by atoms with Crippen molar-refractivity contribution < 1.29 is 4.79 Å². The predicted molar refractivity (Wildman–Crippen MR) is 82.1 cm³/mol. The molecule has 1 N–H and O–H groups in total. The summed E-state index contributed by atoms with van der Waals surface area (Å²) in [5.41, 5.74) is 2.96. The zero-order valence-electron chi connectivity index (χ0n) is 11.4. The van der Waals surface area contributed by atoms with Gasteiger partial charge in [0.25, 0.3) is 0 Å². The van der Waals surface area contributed by atoms with Gasteiger partial charge in [-0.25, -0.2) is 9.78 Å². The van der Waals surface area contributed by atoms with Crippen molar-refractivity contribution in [2.24, 2.45) is 0 Å². The van der Waals surface area contributed by atoms with Gasteiger partial charge >= 0.3 is 6.03 Å². The number of carbonyl (C=O) groups excluding carboxylic acids is 1. The van der Waals surface area contributed by atoms with E-state index >= 15 is 0 Å². The Morgan fingerprint density at radius 2 is 1.95 bits per heavy atom. The van der Waals surface area contributed by atoms with E-state index in [1.165, 1.54) is 0 Å². The highest BCUT2D eigenvalue weighted by molar-refractivity contribution is 7.13. The molecule has 2 heterocycles. The molecule has 2 amide bonds. The number of benzene rings is 1. The van der Waals surface area contributed by atoms with Gasteiger partial charge in [-0.05, 0) is 44.0 Å². The zero-order valence-corrected chi connectivity index (χ0v) is 12.2. The number of anilines is 1. The fraction of sp³-hybridized carbons (Fsp3) is 0.333. The van der Waals surface area contributed by atoms with Gasteiger partial charge in [-0.2, -0.15) is 0 Å². The number of urea groups is 1. The minimum atomic E-state index is 0.000318. The molecule has 1 aliphatic rings. The highest BCUT2D eigenvalue weighted by Gasteiger charge is 2.17. The zero-order chi connectivity index (χ0) is 13.9. The van der Waals surface area contributed by atoms with E-state index in [1.807, 2.05) is 41.5 Å². The standard InChI is InChI=1S/C15H17N3OS/c1-11-10-20-14(16-11)12-4-6-13(7-5-12)17-15(19)18-8-2-3-9-18/h4-7,10H,2-3,8-9H2,1H3,(H,17,19). The maximum Gasteiger partial charge on any atom is 0.321 e. The molecule has 0 aliphatic carbocycles. The van der Waals surface area contributed by atoms with Crippen LogP contribution in [-0.4, -0.2) is 29.0 Å². The van der Waals surface area contributed by atoms with E-state index in [-0.39, 0.29) is 6.03 Å². The molecule has 1 aromatic heterocycles. The van der Waals surface area contributed by atoms with Gasteiger partial charge < -0.3 is 10.2 Å². The topological polar surface area (TPSA) is 45.2 Å². The summed E-state index contributed by atoms with van der Waals surface area (Å²) in [7, 11) is 0. The summed E-state index contributed by atoms with van der Waals surface area (Å²) in [5.74, 6) is 0. The Hall–Kier alpha value is -1.88. The highest BCUT2D eigenvalue weighted by Crippen LogP contribution is 2.25. The molecule has 1 aliphatic heterocycles. The van der Waals surface area contributed by atoms with E-state index in [0.29, 0.717) is 0 Å². The largest absolute Gasteiger partial charge is 0.325 e. The summed E-state index contributed by atoms with van der Waals surface area (Å²) in [6, 6.07) is 7.86. The molecule has 0 unspecified atom stereocenters. The number of aryl methyl sites for hydroxylation is 1. The Bertz CT molecular complexity index is 600. The molecular formula is C15H17N3OS. The van der Waals surface area contributed by atoms with Crippen LogP contribution in [-0.2, 0) is 0 Å². The Balaban J connectivity index is 1.68. The molecule has 5 heteroatoms. The summed E-state index contributed by atoms with van der Waals surface area (Å²) in [6.45, 7) is 3.72. The second-order valence-electron chi connectivity index (χ2n) is 5.00. The van der Waals surface area contributed by atoms with Crippen molar-refractivity contribution in [3.63, 3.8) is 0 Å². The third-order valence-electron chi connectivity index (χ3n) is 3.40. The van der Waals surface area contributed by atoms with E-state index < -0.39 is 0 Å². The third-order valence-corrected chi connectivity index (χ3v) is 4.40. The van der Waals surface area contributed by atoms with E-state index in [4.69, 9.17) is 0 Å². The van der Waals surface area contributed by atoms with Crippen molar-refractivity contribution >= 4 is 23.1 Å². The van der Waals surface area contributed by atoms with Crippen molar-refractivity contribution in [3.05, 3.63) is 35.3 Å². The first kappa shape index (κ1) is 13.1. The molecule has 0 spiro atoms. The maximum absolute atomic E-state index is 12.0. The summed E-state index contributed by atoms with van der Waals surface area (Å²) in [6.07, 6.45) is 2.21. The Labute approximate surface area is 122 Å². The smallest absolute Gasteiger partial charge is 0.321 e. The molecule has 2 aromatic rings. The van der Waals surface area contributed by atoms with Crippen LogP contribution >= 0.6 is 11.3 Å². The maximum atomic E-state index is 12.0. The van der Waals surface area contributed by atoms with Gasteiger partial charge in [0, 0.05) is 35.4 Å². The number of thiazole rings is 1. The number of nitrogens with one attached hydrogen (secondary N) is 1. The highest BCUT2D eigenvalue weighted by atomic mass is 32.1. The van der Waals surface area contributed by atoms with Crippen LogP contribution in [0.25, 0.3) is 10.6 Å². The molecule has 104 valence electrons. The molecular weight excluding hydrogens is 270 g/mol. The van der Waals surface area contributed by atoms with Crippen LogP contribution in [0.15, 0.2) is 29.6 Å². The van der Waals surface area contributed by atoms with E-state index in [1.54, 1.807) is 11.3 Å². The van der Waals surface area contributed by atoms with E-state index in [0.717, 1.165) is 47.9 Å². The van der Waals surface area contributed by atoms with Gasteiger partial charge in [-0.1, -0.05) is 0 Å². The van der Waals surface area contributed by atoms with Gasteiger partial charge in [-0.3, -0.25) is 0 Å². The molecule has 20 heavy (non-hydrogen) atoms. The van der Waals surface area contributed by atoms with Gasteiger partial charge in [-0.15, -0.1) is 11.3 Å². The van der Waals surface area contributed by atoms with Crippen LogP contribution in [0.4, 0.5) is 10.5 Å². The molecule has 0 radical (unpaired) electrons. The number of hydrogen-bond acceptors (Lipinski definition) is 3. The molecule has 1 aromatic carbocycles. The number of amides is 2. The predicted octanol–water partition coefficient (Wildman–Crippen LogP) is 3.75. The van der Waals surface area contributed by atoms with Crippen LogP contribution < -0.4 is 5.32 Å². The first-order valence-electron chi connectivity index (χ1n) is 6.81. The average molecular weight is 287 g/mol. The average Bonchev–Trinajstić information content (AvgIpc) is 3.10. The quantitative estimate of drug-likeness (QED) is 0.914. The molecule has 0 bridgehead atoms. The lowest BCUT2D eigenvalue weighted by Crippen LogP contribution is -2.32. The molecule has 4 nitrogen and oxygen atoms in total. The third kappa shape index (κ3) is 2.82. The van der Waals surface area contributed by atoms with Gasteiger partial charge in [0.1, 0.15) is 5.01 Å². The van der Waals surface area contributed by atoms with E-state index in [9.17, 15) is 4.79 Å².